The van der Waals surface area contributed by atoms with Crippen LogP contribution < -0.4 is 11.5 Å². The molecule has 0 unspecified atom stereocenters. The molecule has 0 fully saturated rings. The van der Waals surface area contributed by atoms with Crippen molar-refractivity contribution in [3.05, 3.63) is 34.9 Å². The highest BCUT2D eigenvalue weighted by atomic mass is 35.5. The number of rotatable bonds is 1. The van der Waals surface area contributed by atoms with Gasteiger partial charge < -0.3 is 11.5 Å². The van der Waals surface area contributed by atoms with Crippen molar-refractivity contribution in [1.29, 1.82) is 5.26 Å². The quantitative estimate of drug-likeness (QED) is 0.439. The van der Waals surface area contributed by atoms with Gasteiger partial charge >= 0.3 is 0 Å². The summed E-state index contributed by atoms with van der Waals surface area (Å²) in [6, 6.07) is 7.76. The molecular formula is C11H12ClN5. The molecule has 0 saturated heterocycles. The summed E-state index contributed by atoms with van der Waals surface area (Å²) in [5.41, 5.74) is 14.0. The Bertz CT molecular complexity index is 523. The van der Waals surface area contributed by atoms with Crippen molar-refractivity contribution < 1.29 is 0 Å². The van der Waals surface area contributed by atoms with E-state index in [4.69, 9.17) is 16.7 Å². The third-order valence-corrected chi connectivity index (χ3v) is 2.51. The maximum absolute atomic E-state index is 8.95. The van der Waals surface area contributed by atoms with Gasteiger partial charge in [-0.15, -0.1) is 17.5 Å². The number of nitrogens with two attached hydrogens (primary N) is 2. The largest absolute Gasteiger partial charge is 0.369 e. The standard InChI is InChI=1S/C11H11N5.ClH/c12-6-7-2-1-3-9-8(7)4-5-10(9)15-16-11(13)14;/h1-3H,4-5H2,(H4,13,14,16);1H. The van der Waals surface area contributed by atoms with E-state index in [9.17, 15) is 0 Å². The molecule has 1 aromatic rings. The number of nitriles is 1. The first-order valence-corrected chi connectivity index (χ1v) is 4.90. The van der Waals surface area contributed by atoms with Crippen molar-refractivity contribution in [3.63, 3.8) is 0 Å². The van der Waals surface area contributed by atoms with Crippen LogP contribution in [0.1, 0.15) is 23.1 Å². The molecule has 0 aromatic heterocycles. The van der Waals surface area contributed by atoms with Gasteiger partial charge in [0.1, 0.15) is 0 Å². The summed E-state index contributed by atoms with van der Waals surface area (Å²) >= 11 is 0. The lowest BCUT2D eigenvalue weighted by Gasteiger charge is -1.99. The monoisotopic (exact) mass is 249 g/mol. The normalized spacial score (nSPS) is 14.6. The maximum Gasteiger partial charge on any atom is 0.211 e. The van der Waals surface area contributed by atoms with Crippen LogP contribution in [0.2, 0.25) is 0 Å². The molecule has 0 heterocycles. The molecule has 1 aromatic carbocycles. The Hall–Kier alpha value is -2.06. The molecule has 1 aliphatic carbocycles. The molecule has 88 valence electrons. The number of guanidine groups is 1. The molecule has 4 N–H and O–H groups in total. The molecule has 0 radical (unpaired) electrons. The van der Waals surface area contributed by atoms with E-state index in [1.165, 1.54) is 0 Å². The van der Waals surface area contributed by atoms with Crippen molar-refractivity contribution in [2.24, 2.45) is 21.7 Å². The van der Waals surface area contributed by atoms with Crippen molar-refractivity contribution in [2.45, 2.75) is 12.8 Å². The number of fused-ring (bicyclic) bond motifs is 1. The van der Waals surface area contributed by atoms with Crippen LogP contribution in [0.15, 0.2) is 28.4 Å². The number of hydrogen-bond acceptors (Lipinski definition) is 3. The van der Waals surface area contributed by atoms with Crippen molar-refractivity contribution in [2.75, 3.05) is 0 Å². The number of hydrogen-bond donors (Lipinski definition) is 2. The highest BCUT2D eigenvalue weighted by molar-refractivity contribution is 6.05. The van der Waals surface area contributed by atoms with E-state index >= 15 is 0 Å². The number of benzene rings is 1. The van der Waals surface area contributed by atoms with Gasteiger partial charge in [-0.25, -0.2) is 0 Å². The molecule has 0 bridgehead atoms. The van der Waals surface area contributed by atoms with Crippen LogP contribution in [-0.2, 0) is 6.42 Å². The summed E-state index contributed by atoms with van der Waals surface area (Å²) in [6.45, 7) is 0. The molecule has 6 heteroatoms. The molecule has 1 aliphatic rings. The average molecular weight is 250 g/mol. The Morgan fingerprint density at radius 1 is 1.29 bits per heavy atom. The zero-order chi connectivity index (χ0) is 11.5. The van der Waals surface area contributed by atoms with Gasteiger partial charge in [-0.3, -0.25) is 0 Å². The zero-order valence-electron chi connectivity index (χ0n) is 9.05. The third-order valence-electron chi connectivity index (χ3n) is 2.51. The minimum absolute atomic E-state index is 0. The highest BCUT2D eigenvalue weighted by Gasteiger charge is 2.20. The molecule has 5 nitrogen and oxygen atoms in total. The number of halogens is 1. The predicted octanol–water partition coefficient (Wildman–Crippen LogP) is 0.904. The molecule has 0 atom stereocenters. The fraction of sp³-hybridized carbons (Fsp3) is 0.182. The van der Waals surface area contributed by atoms with Crippen LogP contribution in [0.4, 0.5) is 0 Å². The Morgan fingerprint density at radius 3 is 2.71 bits per heavy atom. The van der Waals surface area contributed by atoms with Crippen LogP contribution in [0.3, 0.4) is 0 Å². The topological polar surface area (TPSA) is 101 Å². The zero-order valence-corrected chi connectivity index (χ0v) is 9.87. The smallest absolute Gasteiger partial charge is 0.211 e. The highest BCUT2D eigenvalue weighted by Crippen LogP contribution is 2.25. The van der Waals surface area contributed by atoms with Gasteiger partial charge in [-0.2, -0.15) is 10.4 Å². The summed E-state index contributed by atoms with van der Waals surface area (Å²) in [4.78, 5) is 0. The fourth-order valence-electron chi connectivity index (χ4n) is 1.83. The Morgan fingerprint density at radius 2 is 2.06 bits per heavy atom. The maximum atomic E-state index is 8.95. The van der Waals surface area contributed by atoms with E-state index in [1.807, 2.05) is 18.2 Å². The van der Waals surface area contributed by atoms with Crippen LogP contribution >= 0.6 is 12.4 Å². The van der Waals surface area contributed by atoms with Gasteiger partial charge in [0.15, 0.2) is 0 Å². The Kier molecular flexibility index (Phi) is 4.07. The molecule has 0 amide bonds. The molecule has 2 rings (SSSR count). The first-order valence-electron chi connectivity index (χ1n) is 4.90. The third kappa shape index (κ3) is 2.55. The predicted molar refractivity (Wildman–Crippen MR) is 69.1 cm³/mol. The summed E-state index contributed by atoms with van der Waals surface area (Å²) in [7, 11) is 0. The van der Waals surface area contributed by atoms with E-state index < -0.39 is 0 Å². The Labute approximate surface area is 105 Å². The van der Waals surface area contributed by atoms with E-state index in [-0.39, 0.29) is 18.4 Å². The minimum atomic E-state index is -0.0580. The second kappa shape index (κ2) is 5.32. The molecule has 0 spiro atoms. The van der Waals surface area contributed by atoms with Crippen LogP contribution in [-0.4, -0.2) is 11.7 Å². The van der Waals surface area contributed by atoms with Crippen molar-refractivity contribution in [3.8, 4) is 6.07 Å². The summed E-state index contributed by atoms with van der Waals surface area (Å²) in [5, 5.41) is 16.6. The molecule has 17 heavy (non-hydrogen) atoms. The van der Waals surface area contributed by atoms with Gasteiger partial charge in [-0.05, 0) is 24.5 Å². The lowest BCUT2D eigenvalue weighted by molar-refractivity contribution is 1.07. The van der Waals surface area contributed by atoms with Crippen molar-refractivity contribution >= 4 is 24.1 Å². The minimum Gasteiger partial charge on any atom is -0.369 e. The summed E-state index contributed by atoms with van der Waals surface area (Å²) in [6.07, 6.45) is 1.59. The lowest BCUT2D eigenvalue weighted by Crippen LogP contribution is -2.22. The van der Waals surface area contributed by atoms with Gasteiger partial charge in [0.25, 0.3) is 0 Å². The van der Waals surface area contributed by atoms with E-state index in [2.05, 4.69) is 16.3 Å². The first kappa shape index (κ1) is 13.0. The molecular weight excluding hydrogens is 238 g/mol. The second-order valence-electron chi connectivity index (χ2n) is 3.52. The molecule has 0 aliphatic heterocycles. The van der Waals surface area contributed by atoms with Crippen LogP contribution in [0, 0.1) is 11.3 Å². The lowest BCUT2D eigenvalue weighted by atomic mass is 10.0. The molecule has 0 saturated carbocycles. The average Bonchev–Trinajstić information content (AvgIpc) is 2.69. The van der Waals surface area contributed by atoms with Gasteiger partial charge in [0.2, 0.25) is 5.96 Å². The van der Waals surface area contributed by atoms with E-state index in [1.54, 1.807) is 0 Å². The summed E-state index contributed by atoms with van der Waals surface area (Å²) < 4.78 is 0. The first-order chi connectivity index (χ1) is 7.72. The Balaban J connectivity index is 0.00000144. The summed E-state index contributed by atoms with van der Waals surface area (Å²) in [5.74, 6) is -0.0580. The fourth-order valence-corrected chi connectivity index (χ4v) is 1.83. The van der Waals surface area contributed by atoms with Crippen LogP contribution in [0.25, 0.3) is 0 Å². The number of nitrogens with zero attached hydrogens (tertiary/aromatic N) is 3. The van der Waals surface area contributed by atoms with E-state index in [0.717, 1.165) is 29.7 Å². The second-order valence-corrected chi connectivity index (χ2v) is 3.52. The van der Waals surface area contributed by atoms with Gasteiger partial charge in [-0.1, -0.05) is 12.1 Å². The van der Waals surface area contributed by atoms with Gasteiger partial charge in [0.05, 0.1) is 17.3 Å². The SMILES string of the molecule is Cl.N#Cc1cccc2c1CCC2=NN=C(N)N. The van der Waals surface area contributed by atoms with Crippen molar-refractivity contribution in [1.82, 2.24) is 0 Å². The van der Waals surface area contributed by atoms with E-state index in [0.29, 0.717) is 5.56 Å². The van der Waals surface area contributed by atoms with Crippen LogP contribution in [0.5, 0.6) is 0 Å². The van der Waals surface area contributed by atoms with Gasteiger partial charge in [0, 0.05) is 5.56 Å².